The molecule has 3 aromatic rings. The van der Waals surface area contributed by atoms with Gasteiger partial charge < -0.3 is 5.73 Å². The van der Waals surface area contributed by atoms with Crippen LogP contribution in [0.4, 0.5) is 5.69 Å². The summed E-state index contributed by atoms with van der Waals surface area (Å²) in [7, 11) is 1.94. The highest BCUT2D eigenvalue weighted by Gasteiger charge is 2.10. The van der Waals surface area contributed by atoms with Crippen molar-refractivity contribution in [2.75, 3.05) is 5.73 Å². The first kappa shape index (κ1) is 9.15. The molecule has 0 unspecified atom stereocenters. The Hall–Kier alpha value is -2.10. The highest BCUT2D eigenvalue weighted by molar-refractivity contribution is 6.07. The number of hydrogen-bond acceptors (Lipinski definition) is 3. The van der Waals surface area contributed by atoms with E-state index in [0.29, 0.717) is 5.69 Å². The lowest BCUT2D eigenvalue weighted by molar-refractivity contribution is 0.751. The van der Waals surface area contributed by atoms with Crippen LogP contribution in [0.3, 0.4) is 0 Å². The zero-order chi connectivity index (χ0) is 11.3. The number of fused-ring (bicyclic) bond motifs is 3. The van der Waals surface area contributed by atoms with Gasteiger partial charge in [-0.15, -0.1) is 0 Å². The zero-order valence-electron chi connectivity index (χ0n) is 9.23. The zero-order valence-corrected chi connectivity index (χ0v) is 9.23. The second kappa shape index (κ2) is 2.95. The van der Waals surface area contributed by atoms with Gasteiger partial charge in [0.2, 0.25) is 0 Å². The Morgan fingerprint density at radius 2 is 2.00 bits per heavy atom. The van der Waals surface area contributed by atoms with Crippen molar-refractivity contribution < 1.29 is 0 Å². The number of aromatic nitrogens is 3. The molecule has 0 saturated carbocycles. The van der Waals surface area contributed by atoms with Crippen LogP contribution in [0.1, 0.15) is 5.69 Å². The predicted molar refractivity (Wildman–Crippen MR) is 65.2 cm³/mol. The summed E-state index contributed by atoms with van der Waals surface area (Å²) in [5, 5.41) is 6.60. The van der Waals surface area contributed by atoms with Gasteiger partial charge in [-0.3, -0.25) is 9.67 Å². The van der Waals surface area contributed by atoms with Gasteiger partial charge in [0, 0.05) is 29.7 Å². The van der Waals surface area contributed by atoms with E-state index < -0.39 is 0 Å². The fraction of sp³-hybridized carbons (Fsp3) is 0.167. The van der Waals surface area contributed by atoms with Crippen molar-refractivity contribution in [3.8, 4) is 0 Å². The number of nitrogens with zero attached hydrogens (tertiary/aromatic N) is 3. The summed E-state index contributed by atoms with van der Waals surface area (Å²) in [5.74, 6) is 0. The molecular weight excluding hydrogens is 200 g/mol. The lowest BCUT2D eigenvalue weighted by Gasteiger charge is -2.00. The van der Waals surface area contributed by atoms with E-state index in [1.54, 1.807) is 0 Å². The van der Waals surface area contributed by atoms with Gasteiger partial charge in [-0.05, 0) is 13.0 Å². The third-order valence-electron chi connectivity index (χ3n) is 3.03. The maximum atomic E-state index is 5.90. The molecule has 0 bridgehead atoms. The second-order valence-corrected chi connectivity index (χ2v) is 3.97. The van der Waals surface area contributed by atoms with Crippen molar-refractivity contribution >= 4 is 27.5 Å². The normalized spacial score (nSPS) is 11.4. The highest BCUT2D eigenvalue weighted by Crippen LogP contribution is 2.27. The van der Waals surface area contributed by atoms with Gasteiger partial charge in [-0.2, -0.15) is 5.10 Å². The van der Waals surface area contributed by atoms with Crippen LogP contribution in [0.15, 0.2) is 24.4 Å². The summed E-state index contributed by atoms with van der Waals surface area (Å²) in [5.41, 5.74) is 9.51. The molecule has 2 heterocycles. The number of anilines is 1. The van der Waals surface area contributed by atoms with E-state index in [-0.39, 0.29) is 0 Å². The first-order chi connectivity index (χ1) is 7.68. The molecule has 2 aromatic heterocycles. The standard InChI is InChI=1S/C12H12N4/c1-7-9-6-14-12-8(4-3-5-10(12)13)11(9)15-16(7)2/h3-6H,13H2,1-2H3. The molecule has 0 radical (unpaired) electrons. The molecule has 16 heavy (non-hydrogen) atoms. The highest BCUT2D eigenvalue weighted by atomic mass is 15.3. The number of hydrogen-bond donors (Lipinski definition) is 1. The molecule has 3 rings (SSSR count). The van der Waals surface area contributed by atoms with E-state index in [2.05, 4.69) is 10.1 Å². The Balaban J connectivity index is 2.60. The van der Waals surface area contributed by atoms with Gasteiger partial charge in [0.1, 0.15) is 5.52 Å². The molecule has 0 aliphatic carbocycles. The van der Waals surface area contributed by atoms with Crippen LogP contribution in [0.25, 0.3) is 21.8 Å². The van der Waals surface area contributed by atoms with E-state index in [0.717, 1.165) is 27.5 Å². The molecule has 2 N–H and O–H groups in total. The van der Waals surface area contributed by atoms with Crippen LogP contribution >= 0.6 is 0 Å². The van der Waals surface area contributed by atoms with Crippen molar-refractivity contribution in [2.45, 2.75) is 6.92 Å². The minimum Gasteiger partial charge on any atom is -0.397 e. The Morgan fingerprint density at radius 1 is 1.19 bits per heavy atom. The van der Waals surface area contributed by atoms with Crippen LogP contribution in [0, 0.1) is 6.92 Å². The number of nitrogen functional groups attached to an aromatic ring is 1. The Bertz CT molecular complexity index is 697. The van der Waals surface area contributed by atoms with Crippen molar-refractivity contribution in [1.29, 1.82) is 0 Å². The van der Waals surface area contributed by atoms with Crippen LogP contribution in [-0.4, -0.2) is 14.8 Å². The monoisotopic (exact) mass is 212 g/mol. The van der Waals surface area contributed by atoms with Gasteiger partial charge in [0.15, 0.2) is 0 Å². The number of aryl methyl sites for hydroxylation is 2. The maximum absolute atomic E-state index is 5.90. The van der Waals surface area contributed by atoms with Crippen molar-refractivity contribution in [3.05, 3.63) is 30.1 Å². The van der Waals surface area contributed by atoms with Crippen molar-refractivity contribution in [2.24, 2.45) is 7.05 Å². The molecule has 0 fully saturated rings. The van der Waals surface area contributed by atoms with Crippen LogP contribution in [-0.2, 0) is 7.05 Å². The second-order valence-electron chi connectivity index (χ2n) is 3.97. The summed E-state index contributed by atoms with van der Waals surface area (Å²) in [4.78, 5) is 4.40. The topological polar surface area (TPSA) is 56.7 Å². The molecule has 80 valence electrons. The minimum absolute atomic E-state index is 0.697. The minimum atomic E-state index is 0.697. The Kier molecular flexibility index (Phi) is 1.68. The van der Waals surface area contributed by atoms with Gasteiger partial charge in [-0.25, -0.2) is 0 Å². The Morgan fingerprint density at radius 3 is 2.81 bits per heavy atom. The van der Waals surface area contributed by atoms with Gasteiger partial charge in [0.05, 0.1) is 11.2 Å². The van der Waals surface area contributed by atoms with E-state index in [1.165, 1.54) is 0 Å². The summed E-state index contributed by atoms with van der Waals surface area (Å²) in [6, 6.07) is 5.80. The molecule has 0 aliphatic rings. The fourth-order valence-electron chi connectivity index (χ4n) is 2.00. The van der Waals surface area contributed by atoms with Crippen LogP contribution in [0.2, 0.25) is 0 Å². The fourth-order valence-corrected chi connectivity index (χ4v) is 2.00. The van der Waals surface area contributed by atoms with Crippen molar-refractivity contribution in [1.82, 2.24) is 14.8 Å². The van der Waals surface area contributed by atoms with Crippen molar-refractivity contribution in [3.63, 3.8) is 0 Å². The molecular formula is C12H12N4. The molecule has 0 amide bonds. The molecule has 4 nitrogen and oxygen atoms in total. The number of rotatable bonds is 0. The lowest BCUT2D eigenvalue weighted by atomic mass is 10.1. The molecule has 4 heteroatoms. The van der Waals surface area contributed by atoms with Gasteiger partial charge >= 0.3 is 0 Å². The van der Waals surface area contributed by atoms with Gasteiger partial charge in [0.25, 0.3) is 0 Å². The molecule has 0 aliphatic heterocycles. The van der Waals surface area contributed by atoms with Crippen LogP contribution < -0.4 is 5.73 Å². The number of pyridine rings is 1. The summed E-state index contributed by atoms with van der Waals surface area (Å²) in [6.07, 6.45) is 1.84. The summed E-state index contributed by atoms with van der Waals surface area (Å²) in [6.45, 7) is 2.04. The average Bonchev–Trinajstić information content (AvgIpc) is 2.56. The van der Waals surface area contributed by atoms with E-state index in [1.807, 2.05) is 43.0 Å². The first-order valence-electron chi connectivity index (χ1n) is 5.15. The third kappa shape index (κ3) is 1.04. The SMILES string of the molecule is Cc1c2cnc3c(N)cccc3c2nn1C. The number of nitrogens with two attached hydrogens (primary N) is 1. The molecule has 0 atom stereocenters. The molecule has 1 aromatic carbocycles. The lowest BCUT2D eigenvalue weighted by Crippen LogP contribution is -1.91. The summed E-state index contributed by atoms with van der Waals surface area (Å²) < 4.78 is 1.87. The molecule has 0 saturated heterocycles. The van der Waals surface area contributed by atoms with E-state index >= 15 is 0 Å². The largest absolute Gasteiger partial charge is 0.397 e. The predicted octanol–water partition coefficient (Wildman–Crippen LogP) is 2.01. The van der Waals surface area contributed by atoms with E-state index in [4.69, 9.17) is 5.73 Å². The van der Waals surface area contributed by atoms with Crippen LogP contribution in [0.5, 0.6) is 0 Å². The van der Waals surface area contributed by atoms with E-state index in [9.17, 15) is 0 Å². The molecule has 0 spiro atoms. The summed E-state index contributed by atoms with van der Waals surface area (Å²) >= 11 is 0. The number of para-hydroxylation sites is 1. The van der Waals surface area contributed by atoms with Gasteiger partial charge in [-0.1, -0.05) is 12.1 Å². The maximum Gasteiger partial charge on any atom is 0.104 e. The average molecular weight is 212 g/mol. The smallest absolute Gasteiger partial charge is 0.104 e. The Labute approximate surface area is 92.7 Å². The third-order valence-corrected chi connectivity index (χ3v) is 3.03. The number of benzene rings is 1. The quantitative estimate of drug-likeness (QED) is 0.580. The first-order valence-corrected chi connectivity index (χ1v) is 5.15.